The van der Waals surface area contributed by atoms with Gasteiger partial charge in [-0.1, -0.05) is 18.2 Å². The predicted molar refractivity (Wildman–Crippen MR) is 85.7 cm³/mol. The molecule has 0 aliphatic carbocycles. The predicted octanol–water partition coefficient (Wildman–Crippen LogP) is 3.75. The number of nitrogens with zero attached hydrogens (tertiary/aromatic N) is 3. The lowest BCUT2D eigenvalue weighted by atomic mass is 10.1. The van der Waals surface area contributed by atoms with Gasteiger partial charge < -0.3 is 9.47 Å². The summed E-state index contributed by atoms with van der Waals surface area (Å²) >= 11 is 0. The summed E-state index contributed by atoms with van der Waals surface area (Å²) in [5.74, 6) is 0.555. The molecular formula is C17H16F3N3O2. The highest BCUT2D eigenvalue weighted by Gasteiger charge is 2.36. The molecular weight excluding hydrogens is 335 g/mol. The summed E-state index contributed by atoms with van der Waals surface area (Å²) in [6.45, 7) is 1.75. The van der Waals surface area contributed by atoms with Crippen LogP contribution in [0.5, 0.6) is 11.6 Å². The van der Waals surface area contributed by atoms with Crippen molar-refractivity contribution in [2.24, 2.45) is 7.05 Å². The first-order valence-corrected chi connectivity index (χ1v) is 7.58. The minimum absolute atomic E-state index is 0.0617. The molecule has 0 saturated carbocycles. The molecule has 0 bridgehead atoms. The lowest BCUT2D eigenvalue weighted by Crippen LogP contribution is -2.11. The van der Waals surface area contributed by atoms with Gasteiger partial charge in [0.05, 0.1) is 10.9 Å². The van der Waals surface area contributed by atoms with Gasteiger partial charge in [0.2, 0.25) is 5.88 Å². The summed E-state index contributed by atoms with van der Waals surface area (Å²) in [6.07, 6.45) is -4.52. The number of aromatic nitrogens is 3. The van der Waals surface area contributed by atoms with Gasteiger partial charge in [0, 0.05) is 12.7 Å². The fourth-order valence-electron chi connectivity index (χ4n) is 2.47. The van der Waals surface area contributed by atoms with Crippen LogP contribution in [-0.2, 0) is 13.2 Å². The topological polar surface area (TPSA) is 49.2 Å². The lowest BCUT2D eigenvalue weighted by molar-refractivity contribution is -0.136. The Kier molecular flexibility index (Phi) is 4.52. The number of hydrogen-bond donors (Lipinski definition) is 0. The standard InChI is InChI=1S/C17H16F3N3O2/c1-11-10-13(17(18,19)20)14-15(21-11)23(2)22-16(14)25-9-8-24-12-6-4-3-5-7-12/h3-7,10H,8-9H2,1-2H3. The van der Waals surface area contributed by atoms with Crippen LogP contribution in [-0.4, -0.2) is 28.0 Å². The summed E-state index contributed by atoms with van der Waals surface area (Å²) < 4.78 is 52.2. The number of ether oxygens (including phenoxy) is 2. The quantitative estimate of drug-likeness (QED) is 0.657. The Balaban J connectivity index is 1.82. The van der Waals surface area contributed by atoms with Crippen LogP contribution in [0.1, 0.15) is 11.3 Å². The molecule has 132 valence electrons. The second-order valence-corrected chi connectivity index (χ2v) is 5.45. The number of para-hydroxylation sites is 1. The van der Waals surface area contributed by atoms with E-state index in [2.05, 4.69) is 10.1 Å². The van der Waals surface area contributed by atoms with E-state index >= 15 is 0 Å². The lowest BCUT2D eigenvalue weighted by Gasteiger charge is -2.10. The molecule has 25 heavy (non-hydrogen) atoms. The van der Waals surface area contributed by atoms with Gasteiger partial charge in [-0.15, -0.1) is 5.10 Å². The second kappa shape index (κ2) is 6.62. The van der Waals surface area contributed by atoms with E-state index in [1.165, 1.54) is 18.7 Å². The van der Waals surface area contributed by atoms with Gasteiger partial charge in [-0.25, -0.2) is 9.67 Å². The smallest absolute Gasteiger partial charge is 0.417 e. The number of benzene rings is 1. The molecule has 0 saturated heterocycles. The molecule has 0 amide bonds. The largest absolute Gasteiger partial charge is 0.490 e. The SMILES string of the molecule is Cc1cc(C(F)(F)F)c2c(OCCOc3ccccc3)nn(C)c2n1. The van der Waals surface area contributed by atoms with Crippen LogP contribution in [0.3, 0.4) is 0 Å². The summed E-state index contributed by atoms with van der Waals surface area (Å²) in [7, 11) is 1.53. The fraction of sp³-hybridized carbons (Fsp3) is 0.294. The van der Waals surface area contributed by atoms with Crippen molar-refractivity contribution < 1.29 is 22.6 Å². The molecule has 2 aromatic heterocycles. The van der Waals surface area contributed by atoms with Crippen LogP contribution >= 0.6 is 0 Å². The van der Waals surface area contributed by atoms with Gasteiger partial charge in [-0.05, 0) is 25.1 Å². The highest BCUT2D eigenvalue weighted by Crippen LogP contribution is 2.38. The van der Waals surface area contributed by atoms with Gasteiger partial charge in [0.1, 0.15) is 19.0 Å². The zero-order valence-electron chi connectivity index (χ0n) is 13.7. The molecule has 0 aliphatic rings. The van der Waals surface area contributed by atoms with E-state index in [-0.39, 0.29) is 35.8 Å². The molecule has 0 fully saturated rings. The van der Waals surface area contributed by atoms with E-state index in [1.807, 2.05) is 18.2 Å². The van der Waals surface area contributed by atoms with E-state index in [9.17, 15) is 13.2 Å². The summed E-state index contributed by atoms with van der Waals surface area (Å²) in [5, 5.41) is 3.89. The summed E-state index contributed by atoms with van der Waals surface area (Å²) in [5.41, 5.74) is -0.407. The average molecular weight is 351 g/mol. The van der Waals surface area contributed by atoms with Crippen LogP contribution in [0.2, 0.25) is 0 Å². The van der Waals surface area contributed by atoms with Gasteiger partial charge in [0.15, 0.2) is 5.65 Å². The number of pyridine rings is 1. The van der Waals surface area contributed by atoms with Gasteiger partial charge in [0.25, 0.3) is 0 Å². The summed E-state index contributed by atoms with van der Waals surface area (Å²) in [4.78, 5) is 4.14. The number of aryl methyl sites for hydroxylation is 2. The van der Waals surface area contributed by atoms with Crippen molar-refractivity contribution in [1.29, 1.82) is 0 Å². The first-order valence-electron chi connectivity index (χ1n) is 7.58. The van der Waals surface area contributed by atoms with E-state index in [1.54, 1.807) is 12.1 Å². The molecule has 3 rings (SSSR count). The molecule has 0 aliphatic heterocycles. The molecule has 3 aromatic rings. The molecule has 0 unspecified atom stereocenters. The van der Waals surface area contributed by atoms with E-state index in [0.29, 0.717) is 5.75 Å². The Morgan fingerprint density at radius 2 is 1.76 bits per heavy atom. The van der Waals surface area contributed by atoms with Crippen molar-refractivity contribution in [2.75, 3.05) is 13.2 Å². The number of alkyl halides is 3. The van der Waals surface area contributed by atoms with Crippen molar-refractivity contribution in [3.8, 4) is 11.6 Å². The highest BCUT2D eigenvalue weighted by molar-refractivity contribution is 5.85. The van der Waals surface area contributed by atoms with Crippen LogP contribution in [0.25, 0.3) is 11.0 Å². The van der Waals surface area contributed by atoms with Crippen LogP contribution in [0.15, 0.2) is 36.4 Å². The third-order valence-electron chi connectivity index (χ3n) is 3.53. The van der Waals surface area contributed by atoms with Gasteiger partial charge in [-0.3, -0.25) is 0 Å². The van der Waals surface area contributed by atoms with Gasteiger partial charge in [-0.2, -0.15) is 13.2 Å². The molecule has 5 nitrogen and oxygen atoms in total. The van der Waals surface area contributed by atoms with Crippen LogP contribution in [0.4, 0.5) is 13.2 Å². The van der Waals surface area contributed by atoms with Crippen LogP contribution < -0.4 is 9.47 Å². The van der Waals surface area contributed by atoms with Crippen molar-refractivity contribution in [3.63, 3.8) is 0 Å². The molecule has 0 radical (unpaired) electrons. The van der Waals surface area contributed by atoms with Crippen molar-refractivity contribution >= 4 is 11.0 Å². The maximum absolute atomic E-state index is 13.4. The molecule has 1 aromatic carbocycles. The Hall–Kier alpha value is -2.77. The third kappa shape index (κ3) is 3.67. The third-order valence-corrected chi connectivity index (χ3v) is 3.53. The Labute approximate surface area is 142 Å². The maximum atomic E-state index is 13.4. The molecule has 8 heteroatoms. The number of hydrogen-bond acceptors (Lipinski definition) is 4. The first-order chi connectivity index (χ1) is 11.9. The van der Waals surface area contributed by atoms with E-state index in [4.69, 9.17) is 9.47 Å². The zero-order chi connectivity index (χ0) is 18.0. The molecule has 0 spiro atoms. The maximum Gasteiger partial charge on any atom is 0.417 e. The van der Waals surface area contributed by atoms with Crippen molar-refractivity contribution in [2.45, 2.75) is 13.1 Å². The zero-order valence-corrected chi connectivity index (χ0v) is 13.7. The number of fused-ring (bicyclic) bond motifs is 1. The highest BCUT2D eigenvalue weighted by atomic mass is 19.4. The van der Waals surface area contributed by atoms with Crippen molar-refractivity contribution in [1.82, 2.24) is 14.8 Å². The Morgan fingerprint density at radius 1 is 1.08 bits per heavy atom. The molecule has 0 N–H and O–H groups in total. The van der Waals surface area contributed by atoms with Gasteiger partial charge >= 0.3 is 6.18 Å². The normalized spacial score (nSPS) is 11.7. The Morgan fingerprint density at radius 3 is 2.44 bits per heavy atom. The van der Waals surface area contributed by atoms with E-state index in [0.717, 1.165) is 6.07 Å². The average Bonchev–Trinajstić information content (AvgIpc) is 2.87. The number of rotatable bonds is 5. The first kappa shape index (κ1) is 17.1. The minimum Gasteiger partial charge on any atom is -0.490 e. The molecule has 0 atom stereocenters. The van der Waals surface area contributed by atoms with Crippen molar-refractivity contribution in [3.05, 3.63) is 47.7 Å². The Bertz CT molecular complexity index is 876. The molecule has 2 heterocycles. The number of halogens is 3. The minimum atomic E-state index is -4.52. The second-order valence-electron chi connectivity index (χ2n) is 5.45. The van der Waals surface area contributed by atoms with Crippen LogP contribution in [0, 0.1) is 6.92 Å². The summed E-state index contributed by atoms with van der Waals surface area (Å²) in [6, 6.07) is 10.1. The fourth-order valence-corrected chi connectivity index (χ4v) is 2.47. The van der Waals surface area contributed by atoms with E-state index < -0.39 is 11.7 Å². The monoisotopic (exact) mass is 351 g/mol.